The van der Waals surface area contributed by atoms with Crippen LogP contribution in [0.4, 0.5) is 8.78 Å². The Morgan fingerprint density at radius 1 is 1.33 bits per heavy atom. The molecule has 0 aliphatic heterocycles. The normalized spacial score (nSPS) is 15.1. The summed E-state index contributed by atoms with van der Waals surface area (Å²) < 4.78 is 32.7. The van der Waals surface area contributed by atoms with E-state index in [1.165, 1.54) is 25.0 Å². The lowest BCUT2D eigenvalue weighted by Gasteiger charge is -2.08. The van der Waals surface area contributed by atoms with Crippen LogP contribution in [0.25, 0.3) is 0 Å². The van der Waals surface area contributed by atoms with Crippen molar-refractivity contribution in [3.63, 3.8) is 0 Å². The third-order valence-corrected chi connectivity index (χ3v) is 3.53. The van der Waals surface area contributed by atoms with Crippen LogP contribution in [0.2, 0.25) is 0 Å². The first-order chi connectivity index (χ1) is 8.68. The van der Waals surface area contributed by atoms with Gasteiger partial charge < -0.3 is 10.1 Å². The Kier molecular flexibility index (Phi) is 5.09. The van der Waals surface area contributed by atoms with Gasteiger partial charge in [0.25, 0.3) is 0 Å². The molecule has 0 radical (unpaired) electrons. The quantitative estimate of drug-likeness (QED) is 0.615. The van der Waals surface area contributed by atoms with Gasteiger partial charge in [-0.15, -0.1) is 0 Å². The number of rotatable bonds is 7. The Morgan fingerprint density at radius 3 is 2.83 bits per heavy atom. The Bertz CT molecular complexity index is 410. The molecule has 0 unspecified atom stereocenters. The molecule has 0 spiro atoms. The first kappa shape index (κ1) is 13.9. The summed E-state index contributed by atoms with van der Waals surface area (Å²) in [6.45, 7) is 2.15. The van der Waals surface area contributed by atoms with E-state index in [-0.39, 0.29) is 16.6 Å². The average molecular weight is 320 g/mol. The van der Waals surface area contributed by atoms with Crippen molar-refractivity contribution in [2.45, 2.75) is 19.4 Å². The Hall–Kier alpha value is -0.520. The predicted octanol–water partition coefficient (Wildman–Crippen LogP) is 3.24. The van der Waals surface area contributed by atoms with Gasteiger partial charge in [-0.1, -0.05) is 0 Å². The van der Waals surface area contributed by atoms with Gasteiger partial charge in [0, 0.05) is 25.3 Å². The largest absolute Gasteiger partial charge is 0.380 e. The summed E-state index contributed by atoms with van der Waals surface area (Å²) in [4.78, 5) is 0. The second kappa shape index (κ2) is 6.59. The minimum absolute atomic E-state index is 0.0616. The molecule has 1 aromatic carbocycles. The second-order valence-corrected chi connectivity index (χ2v) is 5.37. The Balaban J connectivity index is 1.70. The molecule has 1 fully saturated rings. The zero-order chi connectivity index (χ0) is 13.0. The van der Waals surface area contributed by atoms with E-state index >= 15 is 0 Å². The van der Waals surface area contributed by atoms with Crippen LogP contribution < -0.4 is 5.32 Å². The molecular formula is C13H16BrF2NO. The number of halogens is 3. The monoisotopic (exact) mass is 319 g/mol. The van der Waals surface area contributed by atoms with E-state index in [4.69, 9.17) is 4.74 Å². The van der Waals surface area contributed by atoms with Crippen LogP contribution in [0.5, 0.6) is 0 Å². The number of benzene rings is 1. The molecule has 1 aromatic rings. The van der Waals surface area contributed by atoms with Crippen molar-refractivity contribution in [1.82, 2.24) is 5.32 Å². The van der Waals surface area contributed by atoms with Gasteiger partial charge in [-0.25, -0.2) is 8.78 Å². The molecular weight excluding hydrogens is 304 g/mol. The molecule has 0 heterocycles. The fourth-order valence-electron chi connectivity index (χ4n) is 1.62. The highest BCUT2D eigenvalue weighted by atomic mass is 79.9. The van der Waals surface area contributed by atoms with E-state index in [0.29, 0.717) is 13.2 Å². The van der Waals surface area contributed by atoms with Crippen molar-refractivity contribution in [1.29, 1.82) is 0 Å². The van der Waals surface area contributed by atoms with E-state index in [1.54, 1.807) is 0 Å². The highest BCUT2D eigenvalue weighted by Crippen LogP contribution is 2.28. The fraction of sp³-hybridized carbons (Fsp3) is 0.538. The number of ether oxygens (including phenoxy) is 1. The number of hydrogen-bond donors (Lipinski definition) is 1. The molecule has 0 aromatic heterocycles. The van der Waals surface area contributed by atoms with E-state index in [1.807, 2.05) is 0 Å². The molecule has 1 aliphatic rings. The lowest BCUT2D eigenvalue weighted by atomic mass is 10.2. The maximum absolute atomic E-state index is 13.6. The van der Waals surface area contributed by atoms with Crippen LogP contribution in [-0.4, -0.2) is 19.8 Å². The van der Waals surface area contributed by atoms with Crippen molar-refractivity contribution >= 4 is 15.9 Å². The van der Waals surface area contributed by atoms with E-state index in [2.05, 4.69) is 21.2 Å². The van der Waals surface area contributed by atoms with Crippen molar-refractivity contribution in [3.05, 3.63) is 33.8 Å². The van der Waals surface area contributed by atoms with Gasteiger partial charge in [0.15, 0.2) is 0 Å². The minimum atomic E-state index is -0.540. The highest BCUT2D eigenvalue weighted by molar-refractivity contribution is 9.10. The topological polar surface area (TPSA) is 21.3 Å². The minimum Gasteiger partial charge on any atom is -0.380 e. The molecule has 0 saturated heterocycles. The van der Waals surface area contributed by atoms with Crippen LogP contribution in [0.15, 0.2) is 16.6 Å². The van der Waals surface area contributed by atoms with Crippen LogP contribution in [-0.2, 0) is 11.3 Å². The molecule has 2 rings (SSSR count). The van der Waals surface area contributed by atoms with Gasteiger partial charge in [-0.3, -0.25) is 0 Å². The van der Waals surface area contributed by atoms with Crippen molar-refractivity contribution in [3.8, 4) is 0 Å². The second-order valence-electron chi connectivity index (χ2n) is 4.52. The SMILES string of the molecule is Fc1ccc(Br)c(F)c1CNCCOCC1CC1. The third-order valence-electron chi connectivity index (χ3n) is 2.91. The summed E-state index contributed by atoms with van der Waals surface area (Å²) in [5.74, 6) is -0.325. The van der Waals surface area contributed by atoms with Gasteiger partial charge in [-0.05, 0) is 46.8 Å². The average Bonchev–Trinajstić information content (AvgIpc) is 3.16. The van der Waals surface area contributed by atoms with E-state index in [9.17, 15) is 8.78 Å². The number of hydrogen-bond acceptors (Lipinski definition) is 2. The zero-order valence-electron chi connectivity index (χ0n) is 10.0. The standard InChI is InChI=1S/C13H16BrF2NO/c14-11-3-4-12(15)10(13(11)16)7-17-5-6-18-8-9-1-2-9/h3-4,9,17H,1-2,5-8H2. The van der Waals surface area contributed by atoms with Crippen LogP contribution in [0, 0.1) is 17.6 Å². The lowest BCUT2D eigenvalue weighted by molar-refractivity contribution is 0.126. The molecule has 0 bridgehead atoms. The number of nitrogens with one attached hydrogen (secondary N) is 1. The van der Waals surface area contributed by atoms with E-state index in [0.717, 1.165) is 12.5 Å². The van der Waals surface area contributed by atoms with Gasteiger partial charge in [0.05, 0.1) is 11.1 Å². The molecule has 2 nitrogen and oxygen atoms in total. The summed E-state index contributed by atoms with van der Waals surface area (Å²) in [5.41, 5.74) is 0.0616. The molecule has 0 atom stereocenters. The third kappa shape index (κ3) is 4.00. The van der Waals surface area contributed by atoms with Crippen molar-refractivity contribution < 1.29 is 13.5 Å². The smallest absolute Gasteiger partial charge is 0.144 e. The summed E-state index contributed by atoms with van der Waals surface area (Å²) in [6, 6.07) is 2.63. The molecule has 5 heteroatoms. The van der Waals surface area contributed by atoms with Gasteiger partial charge >= 0.3 is 0 Å². The molecule has 0 amide bonds. The first-order valence-corrected chi connectivity index (χ1v) is 6.88. The van der Waals surface area contributed by atoms with Crippen molar-refractivity contribution in [2.24, 2.45) is 5.92 Å². The summed E-state index contributed by atoms with van der Waals surface area (Å²) in [7, 11) is 0. The van der Waals surface area contributed by atoms with Gasteiger partial charge in [0.1, 0.15) is 11.6 Å². The first-order valence-electron chi connectivity index (χ1n) is 6.09. The molecule has 1 N–H and O–H groups in total. The predicted molar refractivity (Wildman–Crippen MR) is 69.3 cm³/mol. The Labute approximate surface area is 114 Å². The molecule has 100 valence electrons. The van der Waals surface area contributed by atoms with Gasteiger partial charge in [-0.2, -0.15) is 0 Å². The summed E-state index contributed by atoms with van der Waals surface area (Å²) >= 11 is 3.04. The van der Waals surface area contributed by atoms with Crippen LogP contribution in [0.3, 0.4) is 0 Å². The summed E-state index contributed by atoms with van der Waals surface area (Å²) in [6.07, 6.45) is 2.53. The fourth-order valence-corrected chi connectivity index (χ4v) is 1.99. The lowest BCUT2D eigenvalue weighted by Crippen LogP contribution is -2.21. The Morgan fingerprint density at radius 2 is 2.11 bits per heavy atom. The maximum Gasteiger partial charge on any atom is 0.144 e. The highest BCUT2D eigenvalue weighted by Gasteiger charge is 2.20. The maximum atomic E-state index is 13.6. The van der Waals surface area contributed by atoms with E-state index < -0.39 is 11.6 Å². The zero-order valence-corrected chi connectivity index (χ0v) is 11.6. The van der Waals surface area contributed by atoms with Crippen molar-refractivity contribution in [2.75, 3.05) is 19.8 Å². The molecule has 18 heavy (non-hydrogen) atoms. The van der Waals surface area contributed by atoms with Crippen LogP contribution in [0.1, 0.15) is 18.4 Å². The summed E-state index contributed by atoms with van der Waals surface area (Å²) in [5, 5.41) is 2.98. The molecule has 1 saturated carbocycles. The molecule has 1 aliphatic carbocycles. The van der Waals surface area contributed by atoms with Gasteiger partial charge in [0.2, 0.25) is 0 Å². The van der Waals surface area contributed by atoms with Crippen LogP contribution >= 0.6 is 15.9 Å².